The predicted octanol–water partition coefficient (Wildman–Crippen LogP) is 0.804. The van der Waals surface area contributed by atoms with Gasteiger partial charge in [-0.05, 0) is 18.7 Å². The largest absolute Gasteiger partial charge is 0.504 e. The first kappa shape index (κ1) is 12.0. The van der Waals surface area contributed by atoms with Crippen LogP contribution in [-0.2, 0) is 0 Å². The third kappa shape index (κ3) is 2.30. The van der Waals surface area contributed by atoms with Crippen LogP contribution in [0.25, 0.3) is 0 Å². The highest BCUT2D eigenvalue weighted by molar-refractivity contribution is 5.97. The number of hydrogen-bond acceptors (Lipinski definition) is 5. The van der Waals surface area contributed by atoms with Crippen LogP contribution in [0, 0.1) is 11.3 Å². The van der Waals surface area contributed by atoms with Crippen molar-refractivity contribution < 1.29 is 14.6 Å². The van der Waals surface area contributed by atoms with E-state index in [0.29, 0.717) is 0 Å². The SMILES string of the molecule is COc1c(O)cc(C(=O)CCN)cc1C#N. The van der Waals surface area contributed by atoms with E-state index < -0.39 is 0 Å². The van der Waals surface area contributed by atoms with Crippen molar-refractivity contribution in [1.82, 2.24) is 0 Å². The van der Waals surface area contributed by atoms with E-state index in [1.165, 1.54) is 19.2 Å². The Morgan fingerprint density at radius 2 is 2.31 bits per heavy atom. The summed E-state index contributed by atoms with van der Waals surface area (Å²) in [5, 5.41) is 18.4. The van der Waals surface area contributed by atoms with E-state index in [2.05, 4.69) is 0 Å². The van der Waals surface area contributed by atoms with E-state index in [1.54, 1.807) is 0 Å². The second kappa shape index (κ2) is 5.14. The van der Waals surface area contributed by atoms with Crippen molar-refractivity contribution in [3.05, 3.63) is 23.3 Å². The van der Waals surface area contributed by atoms with Gasteiger partial charge in [-0.3, -0.25) is 4.79 Å². The molecule has 5 nitrogen and oxygen atoms in total. The Kier molecular flexibility index (Phi) is 3.86. The van der Waals surface area contributed by atoms with Crippen LogP contribution in [0.2, 0.25) is 0 Å². The maximum absolute atomic E-state index is 11.5. The van der Waals surface area contributed by atoms with Gasteiger partial charge in [0, 0.05) is 12.0 Å². The van der Waals surface area contributed by atoms with E-state index in [4.69, 9.17) is 15.7 Å². The van der Waals surface area contributed by atoms with E-state index in [0.717, 1.165) is 0 Å². The molecule has 0 heterocycles. The molecule has 16 heavy (non-hydrogen) atoms. The standard InChI is InChI=1S/C11H12N2O3/c1-16-11-8(6-13)4-7(5-10(11)15)9(14)2-3-12/h4-5,15H,2-3,12H2,1H3. The molecule has 0 saturated heterocycles. The minimum absolute atomic E-state index is 0.0757. The summed E-state index contributed by atoms with van der Waals surface area (Å²) in [5.74, 6) is -0.356. The Balaban J connectivity index is 3.21. The van der Waals surface area contributed by atoms with Crippen LogP contribution in [0.1, 0.15) is 22.3 Å². The molecular weight excluding hydrogens is 208 g/mol. The third-order valence-corrected chi connectivity index (χ3v) is 2.09. The molecule has 0 radical (unpaired) electrons. The Morgan fingerprint density at radius 3 is 2.81 bits per heavy atom. The number of nitriles is 1. The summed E-state index contributed by atoms with van der Waals surface area (Å²) in [7, 11) is 1.34. The van der Waals surface area contributed by atoms with Gasteiger partial charge in [-0.2, -0.15) is 5.26 Å². The summed E-state index contributed by atoms with van der Waals surface area (Å²) in [6.07, 6.45) is 0.177. The third-order valence-electron chi connectivity index (χ3n) is 2.09. The maximum Gasteiger partial charge on any atom is 0.178 e. The average molecular weight is 220 g/mol. The summed E-state index contributed by atoms with van der Waals surface area (Å²) in [6.45, 7) is 0.230. The normalized spacial score (nSPS) is 9.56. The van der Waals surface area contributed by atoms with Gasteiger partial charge in [0.05, 0.1) is 12.7 Å². The van der Waals surface area contributed by atoms with Crippen molar-refractivity contribution >= 4 is 5.78 Å². The maximum atomic E-state index is 11.5. The Morgan fingerprint density at radius 1 is 1.62 bits per heavy atom. The average Bonchev–Trinajstić information content (AvgIpc) is 2.28. The van der Waals surface area contributed by atoms with Crippen LogP contribution < -0.4 is 10.5 Å². The highest BCUT2D eigenvalue weighted by Crippen LogP contribution is 2.31. The minimum atomic E-state index is -0.220. The number of ketones is 1. The van der Waals surface area contributed by atoms with E-state index in [9.17, 15) is 9.90 Å². The van der Waals surface area contributed by atoms with Crippen molar-refractivity contribution in [2.45, 2.75) is 6.42 Å². The molecule has 1 aromatic rings. The van der Waals surface area contributed by atoms with Gasteiger partial charge in [0.15, 0.2) is 17.3 Å². The monoisotopic (exact) mass is 220 g/mol. The zero-order valence-corrected chi connectivity index (χ0v) is 8.86. The van der Waals surface area contributed by atoms with Gasteiger partial charge in [-0.1, -0.05) is 0 Å². The fourth-order valence-electron chi connectivity index (χ4n) is 1.35. The van der Waals surface area contributed by atoms with Gasteiger partial charge in [-0.25, -0.2) is 0 Å². The Hall–Kier alpha value is -2.06. The molecule has 0 spiro atoms. The summed E-state index contributed by atoms with van der Waals surface area (Å²) in [4.78, 5) is 11.5. The smallest absolute Gasteiger partial charge is 0.178 e. The molecule has 0 saturated carbocycles. The van der Waals surface area contributed by atoms with Crippen molar-refractivity contribution in [3.63, 3.8) is 0 Å². The minimum Gasteiger partial charge on any atom is -0.504 e. The number of Topliss-reactive ketones (excluding diaryl/α,β-unsaturated/α-hetero) is 1. The molecular formula is C11H12N2O3. The fourth-order valence-corrected chi connectivity index (χ4v) is 1.35. The lowest BCUT2D eigenvalue weighted by Gasteiger charge is -2.07. The van der Waals surface area contributed by atoms with E-state index in [-0.39, 0.29) is 41.4 Å². The number of ether oxygens (including phenoxy) is 1. The number of carbonyl (C=O) groups excluding carboxylic acids is 1. The van der Waals surface area contributed by atoms with Crippen LogP contribution in [0.15, 0.2) is 12.1 Å². The van der Waals surface area contributed by atoms with Crippen molar-refractivity contribution in [1.29, 1.82) is 5.26 Å². The van der Waals surface area contributed by atoms with Gasteiger partial charge < -0.3 is 15.6 Å². The first-order chi connectivity index (χ1) is 7.63. The second-order valence-corrected chi connectivity index (χ2v) is 3.15. The van der Waals surface area contributed by atoms with Gasteiger partial charge in [0.2, 0.25) is 0 Å². The number of benzene rings is 1. The fraction of sp³-hybridized carbons (Fsp3) is 0.273. The molecule has 1 rings (SSSR count). The molecule has 0 atom stereocenters. The zero-order chi connectivity index (χ0) is 12.1. The lowest BCUT2D eigenvalue weighted by molar-refractivity contribution is 0.0985. The topological polar surface area (TPSA) is 96.3 Å². The molecule has 3 N–H and O–H groups in total. The molecule has 0 aromatic heterocycles. The number of carbonyl (C=O) groups is 1. The van der Waals surface area contributed by atoms with Crippen LogP contribution >= 0.6 is 0 Å². The highest BCUT2D eigenvalue weighted by atomic mass is 16.5. The molecule has 0 fully saturated rings. The van der Waals surface area contributed by atoms with Crippen molar-refractivity contribution in [2.75, 3.05) is 13.7 Å². The van der Waals surface area contributed by atoms with E-state index in [1.807, 2.05) is 6.07 Å². The summed E-state index contributed by atoms with van der Waals surface area (Å²) >= 11 is 0. The summed E-state index contributed by atoms with van der Waals surface area (Å²) in [6, 6.07) is 4.52. The number of nitrogens with two attached hydrogens (primary N) is 1. The molecule has 1 aromatic carbocycles. The van der Waals surface area contributed by atoms with Crippen LogP contribution in [0.3, 0.4) is 0 Å². The lowest BCUT2D eigenvalue weighted by atomic mass is 10.0. The van der Waals surface area contributed by atoms with Crippen LogP contribution in [0.4, 0.5) is 0 Å². The molecule has 0 amide bonds. The first-order valence-electron chi connectivity index (χ1n) is 4.68. The highest BCUT2D eigenvalue weighted by Gasteiger charge is 2.14. The molecule has 0 aliphatic carbocycles. The van der Waals surface area contributed by atoms with Gasteiger partial charge in [0.1, 0.15) is 6.07 Å². The van der Waals surface area contributed by atoms with Crippen LogP contribution in [-0.4, -0.2) is 24.5 Å². The Bertz CT molecular complexity index is 449. The molecule has 0 bridgehead atoms. The quantitative estimate of drug-likeness (QED) is 0.732. The van der Waals surface area contributed by atoms with Gasteiger partial charge >= 0.3 is 0 Å². The first-order valence-corrected chi connectivity index (χ1v) is 4.68. The number of phenolic OH excluding ortho intramolecular Hbond substituents is 1. The molecule has 0 aliphatic heterocycles. The molecule has 84 valence electrons. The Labute approximate surface area is 93.1 Å². The predicted molar refractivity (Wildman–Crippen MR) is 57.4 cm³/mol. The summed E-state index contributed by atoms with van der Waals surface area (Å²) in [5.41, 5.74) is 5.65. The number of hydrogen-bond donors (Lipinski definition) is 2. The molecule has 0 unspecified atom stereocenters. The van der Waals surface area contributed by atoms with Crippen molar-refractivity contribution in [3.8, 4) is 17.6 Å². The number of phenols is 1. The second-order valence-electron chi connectivity index (χ2n) is 3.15. The zero-order valence-electron chi connectivity index (χ0n) is 8.86. The molecule has 0 aliphatic rings. The van der Waals surface area contributed by atoms with Gasteiger partial charge in [-0.15, -0.1) is 0 Å². The van der Waals surface area contributed by atoms with Gasteiger partial charge in [0.25, 0.3) is 0 Å². The number of aromatic hydroxyl groups is 1. The number of rotatable bonds is 4. The lowest BCUT2D eigenvalue weighted by Crippen LogP contribution is -2.08. The number of methoxy groups -OCH3 is 1. The van der Waals surface area contributed by atoms with Crippen molar-refractivity contribution in [2.24, 2.45) is 5.73 Å². The van der Waals surface area contributed by atoms with E-state index >= 15 is 0 Å². The number of nitrogens with zero attached hydrogens (tertiary/aromatic N) is 1. The summed E-state index contributed by atoms with van der Waals surface area (Å²) < 4.78 is 4.85. The molecule has 5 heteroatoms. The van der Waals surface area contributed by atoms with Crippen LogP contribution in [0.5, 0.6) is 11.5 Å².